The maximum absolute atomic E-state index is 6.09. The molecule has 1 aromatic heterocycles. The molecule has 0 aliphatic carbocycles. The van der Waals surface area contributed by atoms with Gasteiger partial charge in [0, 0.05) is 18.7 Å². The summed E-state index contributed by atoms with van der Waals surface area (Å²) in [5.41, 5.74) is 3.13. The van der Waals surface area contributed by atoms with Crippen LogP contribution in [0.4, 0.5) is 5.82 Å². The van der Waals surface area contributed by atoms with Crippen LogP contribution in [0.5, 0.6) is 5.75 Å². The first kappa shape index (κ1) is 18.6. The molecule has 1 atom stereocenters. The van der Waals surface area contributed by atoms with Gasteiger partial charge in [0.05, 0.1) is 19.4 Å². The molecule has 5 heteroatoms. The number of fused-ring (bicyclic) bond motifs is 1. The summed E-state index contributed by atoms with van der Waals surface area (Å²) in [4.78, 5) is 2.24. The summed E-state index contributed by atoms with van der Waals surface area (Å²) in [6, 6.07) is 26.8. The molecule has 5 nitrogen and oxygen atoms in total. The molecule has 4 aromatic rings. The number of hydrogen-bond donors (Lipinski definition) is 0. The van der Waals surface area contributed by atoms with E-state index in [0.29, 0.717) is 6.61 Å². The van der Waals surface area contributed by atoms with Crippen molar-refractivity contribution < 1.29 is 9.47 Å². The molecule has 0 spiro atoms. The van der Waals surface area contributed by atoms with E-state index in [1.807, 2.05) is 48.5 Å². The van der Waals surface area contributed by atoms with E-state index in [1.54, 1.807) is 7.11 Å². The molecule has 5 rings (SSSR count). The van der Waals surface area contributed by atoms with Gasteiger partial charge in [-0.2, -0.15) is 0 Å². The molecular formula is C25H23N3O2. The van der Waals surface area contributed by atoms with Crippen molar-refractivity contribution >= 4 is 16.6 Å². The number of methoxy groups -OCH3 is 1. The minimum absolute atomic E-state index is 0.000788. The molecule has 30 heavy (non-hydrogen) atoms. The molecule has 1 aliphatic rings. The van der Waals surface area contributed by atoms with E-state index >= 15 is 0 Å². The zero-order valence-electron chi connectivity index (χ0n) is 16.9. The lowest BCUT2D eigenvalue weighted by atomic mass is 10.0. The van der Waals surface area contributed by atoms with E-state index in [2.05, 4.69) is 45.4 Å². The quantitative estimate of drug-likeness (QED) is 0.491. The number of ether oxygens (including phenoxy) is 2. The van der Waals surface area contributed by atoms with Gasteiger partial charge in [-0.3, -0.25) is 0 Å². The van der Waals surface area contributed by atoms with Crippen molar-refractivity contribution in [3.05, 3.63) is 84.4 Å². The van der Waals surface area contributed by atoms with Crippen molar-refractivity contribution in [2.75, 3.05) is 31.7 Å². The average molecular weight is 397 g/mol. The molecule has 0 N–H and O–H groups in total. The van der Waals surface area contributed by atoms with Crippen molar-refractivity contribution in [2.45, 2.75) is 6.10 Å². The second kappa shape index (κ2) is 8.13. The molecule has 0 bridgehead atoms. The summed E-state index contributed by atoms with van der Waals surface area (Å²) in [5.74, 6) is 1.75. The van der Waals surface area contributed by atoms with Crippen molar-refractivity contribution in [3.8, 4) is 17.0 Å². The van der Waals surface area contributed by atoms with E-state index in [4.69, 9.17) is 9.47 Å². The topological polar surface area (TPSA) is 47.5 Å². The van der Waals surface area contributed by atoms with Gasteiger partial charge in [-0.05, 0) is 46.7 Å². The monoisotopic (exact) mass is 397 g/mol. The second-order valence-corrected chi connectivity index (χ2v) is 7.42. The maximum atomic E-state index is 6.09. The number of benzene rings is 3. The van der Waals surface area contributed by atoms with Gasteiger partial charge in [-0.25, -0.2) is 0 Å². The number of anilines is 1. The van der Waals surface area contributed by atoms with E-state index in [1.165, 1.54) is 10.9 Å². The van der Waals surface area contributed by atoms with Crippen LogP contribution in [0.3, 0.4) is 0 Å². The van der Waals surface area contributed by atoms with Gasteiger partial charge >= 0.3 is 0 Å². The lowest BCUT2D eigenvalue weighted by Crippen LogP contribution is -2.39. The number of nitrogens with zero attached hydrogens (tertiary/aromatic N) is 3. The van der Waals surface area contributed by atoms with E-state index in [0.717, 1.165) is 41.3 Å². The molecule has 0 radical (unpaired) electrons. The van der Waals surface area contributed by atoms with Crippen molar-refractivity contribution in [3.63, 3.8) is 0 Å². The fourth-order valence-electron chi connectivity index (χ4n) is 3.89. The van der Waals surface area contributed by atoms with Gasteiger partial charge in [0.2, 0.25) is 0 Å². The van der Waals surface area contributed by atoms with Crippen molar-refractivity contribution in [1.82, 2.24) is 10.2 Å². The Morgan fingerprint density at radius 2 is 1.73 bits per heavy atom. The summed E-state index contributed by atoms with van der Waals surface area (Å²) in [7, 11) is 1.69. The predicted molar refractivity (Wildman–Crippen MR) is 119 cm³/mol. The van der Waals surface area contributed by atoms with Crippen LogP contribution in [-0.4, -0.2) is 37.0 Å². The Bertz CT molecular complexity index is 1150. The van der Waals surface area contributed by atoms with Gasteiger partial charge < -0.3 is 14.4 Å². The number of morpholine rings is 1. The Morgan fingerprint density at radius 1 is 0.900 bits per heavy atom. The van der Waals surface area contributed by atoms with Gasteiger partial charge in [-0.1, -0.05) is 48.5 Å². The summed E-state index contributed by atoms with van der Waals surface area (Å²) in [6.07, 6.45) is 0.000788. The fraction of sp³-hybridized carbons (Fsp3) is 0.200. The largest absolute Gasteiger partial charge is 0.497 e. The highest BCUT2D eigenvalue weighted by molar-refractivity contribution is 5.84. The van der Waals surface area contributed by atoms with E-state index in [9.17, 15) is 0 Å². The first-order valence-electron chi connectivity index (χ1n) is 10.1. The molecule has 3 aromatic carbocycles. The Balaban J connectivity index is 1.35. The highest BCUT2D eigenvalue weighted by atomic mass is 16.5. The fourth-order valence-corrected chi connectivity index (χ4v) is 3.89. The second-order valence-electron chi connectivity index (χ2n) is 7.42. The Labute approximate surface area is 175 Å². The third-order valence-corrected chi connectivity index (χ3v) is 5.55. The molecule has 1 aliphatic heterocycles. The van der Waals surface area contributed by atoms with Crippen LogP contribution in [-0.2, 0) is 4.74 Å². The van der Waals surface area contributed by atoms with Gasteiger partial charge in [-0.15, -0.1) is 10.2 Å². The summed E-state index contributed by atoms with van der Waals surface area (Å²) in [6.45, 7) is 2.22. The summed E-state index contributed by atoms with van der Waals surface area (Å²) < 4.78 is 11.4. The molecular weight excluding hydrogens is 374 g/mol. The van der Waals surface area contributed by atoms with Crippen LogP contribution in [0.25, 0.3) is 22.0 Å². The minimum atomic E-state index is 0.000788. The van der Waals surface area contributed by atoms with Crippen LogP contribution in [0.15, 0.2) is 78.9 Å². The minimum Gasteiger partial charge on any atom is -0.497 e. The molecule has 1 fully saturated rings. The van der Waals surface area contributed by atoms with Crippen LogP contribution in [0, 0.1) is 0 Å². The smallest absolute Gasteiger partial charge is 0.151 e. The van der Waals surface area contributed by atoms with Gasteiger partial charge in [0.1, 0.15) is 11.9 Å². The Kier molecular flexibility index (Phi) is 5.03. The Morgan fingerprint density at radius 3 is 2.53 bits per heavy atom. The lowest BCUT2D eigenvalue weighted by Gasteiger charge is -2.33. The zero-order chi connectivity index (χ0) is 20.3. The molecule has 1 saturated heterocycles. The molecule has 2 heterocycles. The van der Waals surface area contributed by atoms with Crippen LogP contribution >= 0.6 is 0 Å². The van der Waals surface area contributed by atoms with Gasteiger partial charge in [0.15, 0.2) is 5.82 Å². The number of aromatic nitrogens is 2. The first-order chi connectivity index (χ1) is 14.8. The van der Waals surface area contributed by atoms with Gasteiger partial charge in [0.25, 0.3) is 0 Å². The SMILES string of the molecule is COc1ccc2cc(C3CN(c4ccc(-c5ccccc5)nn4)CCO3)ccc2c1. The average Bonchev–Trinajstić information content (AvgIpc) is 2.84. The first-order valence-corrected chi connectivity index (χ1v) is 10.1. The van der Waals surface area contributed by atoms with Crippen molar-refractivity contribution in [2.24, 2.45) is 0 Å². The lowest BCUT2D eigenvalue weighted by molar-refractivity contribution is 0.0395. The standard InChI is InChI=1S/C25H23N3O2/c1-29-22-10-9-19-15-21(8-7-20(19)16-22)24-17-28(13-14-30-24)25-12-11-23(26-27-25)18-5-3-2-4-6-18/h2-12,15-16,24H,13-14,17H2,1H3. The molecule has 0 saturated carbocycles. The van der Waals surface area contributed by atoms with Crippen molar-refractivity contribution in [1.29, 1.82) is 0 Å². The van der Waals surface area contributed by atoms with Crippen LogP contribution < -0.4 is 9.64 Å². The Hall–Kier alpha value is -3.44. The summed E-state index contributed by atoms with van der Waals surface area (Å²) >= 11 is 0. The normalized spacial score (nSPS) is 16.6. The molecule has 0 amide bonds. The highest BCUT2D eigenvalue weighted by Gasteiger charge is 2.23. The van der Waals surface area contributed by atoms with Crippen LogP contribution in [0.1, 0.15) is 11.7 Å². The third-order valence-electron chi connectivity index (χ3n) is 5.55. The zero-order valence-corrected chi connectivity index (χ0v) is 16.9. The molecule has 1 unspecified atom stereocenters. The number of rotatable bonds is 4. The maximum Gasteiger partial charge on any atom is 0.151 e. The van der Waals surface area contributed by atoms with E-state index in [-0.39, 0.29) is 6.10 Å². The third kappa shape index (κ3) is 3.72. The summed E-state index contributed by atoms with van der Waals surface area (Å²) in [5, 5.41) is 11.3. The number of hydrogen-bond acceptors (Lipinski definition) is 5. The molecule has 150 valence electrons. The highest BCUT2D eigenvalue weighted by Crippen LogP contribution is 2.29. The predicted octanol–water partition coefficient (Wildman–Crippen LogP) is 4.88. The van der Waals surface area contributed by atoms with E-state index < -0.39 is 0 Å². The van der Waals surface area contributed by atoms with Crippen LogP contribution in [0.2, 0.25) is 0 Å².